The van der Waals surface area contributed by atoms with Crippen molar-refractivity contribution in [3.05, 3.63) is 12.7 Å². The van der Waals surface area contributed by atoms with Gasteiger partial charge in [-0.2, -0.15) is 0 Å². The molecule has 1 fully saturated rings. The van der Waals surface area contributed by atoms with Gasteiger partial charge in [0.25, 0.3) is 0 Å². The molecule has 1 saturated heterocycles. The Hall–Kier alpha value is -0.830. The summed E-state index contributed by atoms with van der Waals surface area (Å²) < 4.78 is 5.28. The smallest absolute Gasteiger partial charge is 0.229 e. The Bertz CT molecular complexity index is 240. The molecule has 16 heavy (non-hydrogen) atoms. The molecule has 1 rings (SSSR count). The molecule has 0 spiro atoms. The number of morpholine rings is 1. The van der Waals surface area contributed by atoms with E-state index >= 15 is 0 Å². The van der Waals surface area contributed by atoms with Crippen LogP contribution >= 0.6 is 0 Å². The van der Waals surface area contributed by atoms with E-state index in [2.05, 4.69) is 20.4 Å². The minimum Gasteiger partial charge on any atom is -0.378 e. The van der Waals surface area contributed by atoms with Crippen LogP contribution in [-0.2, 0) is 9.53 Å². The molecule has 0 radical (unpaired) electrons. The van der Waals surface area contributed by atoms with Gasteiger partial charge < -0.3 is 9.64 Å². The number of hydrogen-bond donors (Lipinski definition) is 0. The average molecular weight is 225 g/mol. The molecule has 0 aromatic heterocycles. The summed E-state index contributed by atoms with van der Waals surface area (Å²) in [5.74, 6) is 0.278. The number of hydrogen-bond acceptors (Lipinski definition) is 2. The molecule has 3 nitrogen and oxygen atoms in total. The topological polar surface area (TPSA) is 29.5 Å². The Balaban J connectivity index is 2.75. The second-order valence-corrected chi connectivity index (χ2v) is 4.38. The van der Waals surface area contributed by atoms with Gasteiger partial charge in [0.05, 0.1) is 18.6 Å². The zero-order valence-corrected chi connectivity index (χ0v) is 10.5. The maximum atomic E-state index is 12.5. The van der Waals surface area contributed by atoms with E-state index in [1.165, 1.54) is 0 Å². The quantitative estimate of drug-likeness (QED) is 0.671. The van der Waals surface area contributed by atoms with Gasteiger partial charge in [0.15, 0.2) is 0 Å². The summed E-state index contributed by atoms with van der Waals surface area (Å²) in [7, 11) is 0. The highest BCUT2D eigenvalue weighted by Crippen LogP contribution is 2.33. The van der Waals surface area contributed by atoms with E-state index < -0.39 is 0 Å². The Morgan fingerprint density at radius 3 is 2.38 bits per heavy atom. The van der Waals surface area contributed by atoms with Gasteiger partial charge in [-0.1, -0.05) is 19.9 Å². The summed E-state index contributed by atoms with van der Waals surface area (Å²) in [6, 6.07) is 0. The summed E-state index contributed by atoms with van der Waals surface area (Å²) >= 11 is 0. The fourth-order valence-electron chi connectivity index (χ4n) is 2.31. The van der Waals surface area contributed by atoms with E-state index in [0.717, 1.165) is 32.4 Å². The molecule has 0 atom stereocenters. The van der Waals surface area contributed by atoms with Crippen LogP contribution in [0.1, 0.15) is 33.1 Å². The lowest BCUT2D eigenvalue weighted by Gasteiger charge is -2.37. The molecule has 0 aromatic rings. The van der Waals surface area contributed by atoms with E-state index in [1.807, 2.05) is 11.0 Å². The largest absolute Gasteiger partial charge is 0.378 e. The fraction of sp³-hybridized carbons (Fsp3) is 0.769. The Labute approximate surface area is 98.5 Å². The van der Waals surface area contributed by atoms with Crippen molar-refractivity contribution in [3.63, 3.8) is 0 Å². The molecule has 1 aliphatic rings. The van der Waals surface area contributed by atoms with E-state index in [0.29, 0.717) is 13.2 Å². The molecule has 1 aliphatic heterocycles. The minimum atomic E-state index is -0.237. The number of nitrogens with zero attached hydrogens (tertiary/aromatic N) is 1. The van der Waals surface area contributed by atoms with Crippen molar-refractivity contribution >= 4 is 5.91 Å². The monoisotopic (exact) mass is 225 g/mol. The lowest BCUT2D eigenvalue weighted by Crippen LogP contribution is -2.48. The van der Waals surface area contributed by atoms with Crippen LogP contribution in [-0.4, -0.2) is 37.1 Å². The molecule has 0 saturated carbocycles. The predicted octanol–water partition coefficient (Wildman–Crippen LogP) is 2.23. The standard InChI is InChI=1S/C13H23NO2/c1-4-7-13(5-2,6-3)12(15)14-8-10-16-11-9-14/h4H,1,5-11H2,2-3H3. The van der Waals surface area contributed by atoms with Crippen LogP contribution in [0.25, 0.3) is 0 Å². The third kappa shape index (κ3) is 2.64. The van der Waals surface area contributed by atoms with Gasteiger partial charge in [-0.05, 0) is 19.3 Å². The second-order valence-electron chi connectivity index (χ2n) is 4.38. The number of carbonyl (C=O) groups is 1. The molecule has 0 N–H and O–H groups in total. The van der Waals surface area contributed by atoms with Crippen molar-refractivity contribution in [2.75, 3.05) is 26.3 Å². The lowest BCUT2D eigenvalue weighted by atomic mass is 9.77. The molecule has 3 heteroatoms. The van der Waals surface area contributed by atoms with Crippen molar-refractivity contribution in [2.24, 2.45) is 5.41 Å². The van der Waals surface area contributed by atoms with Crippen LogP contribution in [0.3, 0.4) is 0 Å². The van der Waals surface area contributed by atoms with Gasteiger partial charge in [0.1, 0.15) is 0 Å². The van der Waals surface area contributed by atoms with Gasteiger partial charge in [-0.15, -0.1) is 6.58 Å². The summed E-state index contributed by atoms with van der Waals surface area (Å²) in [5, 5.41) is 0. The summed E-state index contributed by atoms with van der Waals surface area (Å²) in [6.07, 6.45) is 4.40. The molecule has 0 aromatic carbocycles. The van der Waals surface area contributed by atoms with Gasteiger partial charge in [-0.3, -0.25) is 4.79 Å². The predicted molar refractivity (Wildman–Crippen MR) is 65.2 cm³/mol. The third-order valence-electron chi connectivity index (χ3n) is 3.64. The maximum Gasteiger partial charge on any atom is 0.229 e. The maximum absolute atomic E-state index is 12.5. The van der Waals surface area contributed by atoms with Gasteiger partial charge in [0, 0.05) is 13.1 Å². The number of ether oxygens (including phenoxy) is 1. The molecule has 1 amide bonds. The number of amides is 1. The van der Waals surface area contributed by atoms with Crippen LogP contribution in [0, 0.1) is 5.41 Å². The first kappa shape index (κ1) is 13.2. The summed E-state index contributed by atoms with van der Waals surface area (Å²) in [6.45, 7) is 10.8. The van der Waals surface area contributed by atoms with E-state index in [-0.39, 0.29) is 11.3 Å². The zero-order chi connectivity index (χ0) is 12.0. The van der Waals surface area contributed by atoms with Gasteiger partial charge >= 0.3 is 0 Å². The first-order chi connectivity index (χ1) is 7.70. The van der Waals surface area contributed by atoms with Crippen molar-refractivity contribution < 1.29 is 9.53 Å². The fourth-order valence-corrected chi connectivity index (χ4v) is 2.31. The van der Waals surface area contributed by atoms with E-state index in [1.54, 1.807) is 0 Å². The van der Waals surface area contributed by atoms with Crippen molar-refractivity contribution in [3.8, 4) is 0 Å². The molecule has 0 bridgehead atoms. The number of allylic oxidation sites excluding steroid dienone is 1. The average Bonchev–Trinajstić information content (AvgIpc) is 2.36. The second kappa shape index (κ2) is 6.04. The highest BCUT2D eigenvalue weighted by atomic mass is 16.5. The summed E-state index contributed by atoms with van der Waals surface area (Å²) in [5.41, 5.74) is -0.237. The lowest BCUT2D eigenvalue weighted by molar-refractivity contribution is -0.146. The highest BCUT2D eigenvalue weighted by molar-refractivity contribution is 5.83. The molecule has 92 valence electrons. The molecular formula is C13H23NO2. The molecule has 1 heterocycles. The van der Waals surface area contributed by atoms with Gasteiger partial charge in [0.2, 0.25) is 5.91 Å². The van der Waals surface area contributed by atoms with Crippen molar-refractivity contribution in [1.29, 1.82) is 0 Å². The van der Waals surface area contributed by atoms with Gasteiger partial charge in [-0.25, -0.2) is 0 Å². The van der Waals surface area contributed by atoms with Crippen LogP contribution in [0.4, 0.5) is 0 Å². The first-order valence-electron chi connectivity index (χ1n) is 6.18. The Morgan fingerprint density at radius 1 is 1.38 bits per heavy atom. The molecular weight excluding hydrogens is 202 g/mol. The van der Waals surface area contributed by atoms with Crippen LogP contribution in [0.2, 0.25) is 0 Å². The van der Waals surface area contributed by atoms with E-state index in [4.69, 9.17) is 4.74 Å². The van der Waals surface area contributed by atoms with Crippen LogP contribution in [0.5, 0.6) is 0 Å². The van der Waals surface area contributed by atoms with Crippen LogP contribution < -0.4 is 0 Å². The Kier molecular flexibility index (Phi) is 5.00. The van der Waals surface area contributed by atoms with Crippen LogP contribution in [0.15, 0.2) is 12.7 Å². The molecule has 0 aliphatic carbocycles. The third-order valence-corrected chi connectivity index (χ3v) is 3.64. The normalized spacial score (nSPS) is 17.2. The van der Waals surface area contributed by atoms with E-state index in [9.17, 15) is 4.79 Å². The Morgan fingerprint density at radius 2 is 1.94 bits per heavy atom. The minimum absolute atomic E-state index is 0.237. The summed E-state index contributed by atoms with van der Waals surface area (Å²) in [4.78, 5) is 14.4. The number of rotatable bonds is 5. The first-order valence-corrected chi connectivity index (χ1v) is 6.18. The molecule has 0 unspecified atom stereocenters. The number of carbonyl (C=O) groups excluding carboxylic acids is 1. The van der Waals surface area contributed by atoms with Crippen molar-refractivity contribution in [2.45, 2.75) is 33.1 Å². The van der Waals surface area contributed by atoms with Crippen molar-refractivity contribution in [1.82, 2.24) is 4.90 Å². The SMILES string of the molecule is C=CCC(CC)(CC)C(=O)N1CCOCC1. The zero-order valence-electron chi connectivity index (χ0n) is 10.5. The highest BCUT2D eigenvalue weighted by Gasteiger charge is 2.37.